The van der Waals surface area contributed by atoms with Crippen molar-refractivity contribution < 1.29 is 0 Å². The van der Waals surface area contributed by atoms with E-state index >= 15 is 0 Å². The molecule has 2 heterocycles. The number of fused-ring (bicyclic) bond motifs is 3. The first-order valence-corrected chi connectivity index (χ1v) is 8.94. The third-order valence-electron chi connectivity index (χ3n) is 4.85. The summed E-state index contributed by atoms with van der Waals surface area (Å²) < 4.78 is 0. The highest BCUT2D eigenvalue weighted by atomic mass is 32.1. The van der Waals surface area contributed by atoms with Gasteiger partial charge in [0.15, 0.2) is 0 Å². The maximum absolute atomic E-state index is 12.6. The van der Waals surface area contributed by atoms with E-state index < -0.39 is 0 Å². The van der Waals surface area contributed by atoms with E-state index in [2.05, 4.69) is 46.5 Å². The van der Waals surface area contributed by atoms with Crippen LogP contribution in [0.3, 0.4) is 0 Å². The molecular formula is C18H26N2OS. The van der Waals surface area contributed by atoms with E-state index in [-0.39, 0.29) is 11.0 Å². The van der Waals surface area contributed by atoms with Crippen molar-refractivity contribution in [3.05, 3.63) is 26.6 Å². The van der Waals surface area contributed by atoms with Crippen molar-refractivity contribution in [1.82, 2.24) is 9.97 Å². The monoisotopic (exact) mass is 318 g/mol. The molecule has 0 fully saturated rings. The van der Waals surface area contributed by atoms with Crippen LogP contribution in [0.5, 0.6) is 0 Å². The zero-order valence-corrected chi connectivity index (χ0v) is 15.3. The van der Waals surface area contributed by atoms with E-state index in [1.165, 1.54) is 16.9 Å². The average molecular weight is 318 g/mol. The average Bonchev–Trinajstić information content (AvgIpc) is 2.74. The number of hydrogen-bond acceptors (Lipinski definition) is 3. The van der Waals surface area contributed by atoms with Crippen molar-refractivity contribution in [2.75, 3.05) is 0 Å². The molecule has 2 aromatic heterocycles. The van der Waals surface area contributed by atoms with Gasteiger partial charge < -0.3 is 4.98 Å². The summed E-state index contributed by atoms with van der Waals surface area (Å²) in [4.78, 5) is 22.6. The number of H-pyrrole nitrogens is 1. The highest BCUT2D eigenvalue weighted by Crippen LogP contribution is 2.42. The summed E-state index contributed by atoms with van der Waals surface area (Å²) in [5.41, 5.74) is 1.49. The lowest BCUT2D eigenvalue weighted by Crippen LogP contribution is -2.26. The molecule has 0 saturated carbocycles. The van der Waals surface area contributed by atoms with Crippen molar-refractivity contribution in [3.8, 4) is 0 Å². The fourth-order valence-corrected chi connectivity index (χ4v) is 4.58. The summed E-state index contributed by atoms with van der Waals surface area (Å²) in [5, 5.41) is 0.848. The third kappa shape index (κ3) is 2.62. The van der Waals surface area contributed by atoms with Crippen LogP contribution in [-0.2, 0) is 18.3 Å². The van der Waals surface area contributed by atoms with Gasteiger partial charge in [-0.1, -0.05) is 41.5 Å². The molecule has 0 aromatic carbocycles. The van der Waals surface area contributed by atoms with Crippen molar-refractivity contribution in [2.45, 2.75) is 66.2 Å². The molecule has 0 unspecified atom stereocenters. The van der Waals surface area contributed by atoms with Crippen LogP contribution in [0.1, 0.15) is 64.2 Å². The largest absolute Gasteiger partial charge is 0.309 e. The van der Waals surface area contributed by atoms with E-state index in [1.807, 2.05) is 0 Å². The van der Waals surface area contributed by atoms with Crippen LogP contribution in [0, 0.1) is 11.3 Å². The zero-order valence-electron chi connectivity index (χ0n) is 14.5. The molecule has 0 radical (unpaired) electrons. The lowest BCUT2D eigenvalue weighted by Gasteiger charge is -2.33. The first-order chi connectivity index (χ1) is 10.1. The van der Waals surface area contributed by atoms with E-state index in [0.29, 0.717) is 11.3 Å². The molecule has 0 amide bonds. The quantitative estimate of drug-likeness (QED) is 0.781. The zero-order chi connectivity index (χ0) is 16.3. The molecule has 2 aromatic rings. The van der Waals surface area contributed by atoms with Gasteiger partial charge in [-0.05, 0) is 36.2 Å². The Morgan fingerprint density at radius 2 is 1.86 bits per heavy atom. The molecule has 120 valence electrons. The van der Waals surface area contributed by atoms with Gasteiger partial charge >= 0.3 is 0 Å². The summed E-state index contributed by atoms with van der Waals surface area (Å²) >= 11 is 1.73. The Kier molecular flexibility index (Phi) is 3.52. The molecule has 1 N–H and O–H groups in total. The van der Waals surface area contributed by atoms with Crippen LogP contribution in [0.25, 0.3) is 10.2 Å². The van der Waals surface area contributed by atoms with Crippen LogP contribution in [0.2, 0.25) is 0 Å². The van der Waals surface area contributed by atoms with Crippen LogP contribution in [-0.4, -0.2) is 9.97 Å². The number of aryl methyl sites for hydroxylation is 1. The summed E-state index contributed by atoms with van der Waals surface area (Å²) in [6.45, 7) is 13.2. The molecule has 22 heavy (non-hydrogen) atoms. The Balaban J connectivity index is 2.13. The first kappa shape index (κ1) is 15.7. The summed E-state index contributed by atoms with van der Waals surface area (Å²) in [6, 6.07) is 0. The summed E-state index contributed by atoms with van der Waals surface area (Å²) in [6.07, 6.45) is 3.27. The minimum Gasteiger partial charge on any atom is -0.309 e. The van der Waals surface area contributed by atoms with E-state index in [9.17, 15) is 4.79 Å². The fourth-order valence-electron chi connectivity index (χ4n) is 3.28. The highest BCUT2D eigenvalue weighted by Gasteiger charge is 2.32. The molecule has 1 atom stereocenters. The number of nitrogens with one attached hydrogen (secondary N) is 1. The maximum Gasteiger partial charge on any atom is 0.259 e. The lowest BCUT2D eigenvalue weighted by molar-refractivity contribution is 0.218. The summed E-state index contributed by atoms with van der Waals surface area (Å²) in [7, 11) is 0. The smallest absolute Gasteiger partial charge is 0.259 e. The Labute approximate surface area is 136 Å². The van der Waals surface area contributed by atoms with Gasteiger partial charge in [0.25, 0.3) is 5.56 Å². The second kappa shape index (κ2) is 4.92. The Morgan fingerprint density at radius 1 is 1.18 bits per heavy atom. The lowest BCUT2D eigenvalue weighted by atomic mass is 9.72. The molecule has 4 heteroatoms. The molecule has 3 rings (SSSR count). The second-order valence-corrected chi connectivity index (χ2v) is 9.74. The van der Waals surface area contributed by atoms with Gasteiger partial charge in [0.2, 0.25) is 0 Å². The fraction of sp³-hybridized carbons (Fsp3) is 0.667. The van der Waals surface area contributed by atoms with Crippen LogP contribution < -0.4 is 5.56 Å². The van der Waals surface area contributed by atoms with Crippen molar-refractivity contribution in [1.29, 1.82) is 0 Å². The molecule has 0 bridgehead atoms. The molecule has 1 aliphatic rings. The van der Waals surface area contributed by atoms with Gasteiger partial charge in [0.1, 0.15) is 10.7 Å². The number of hydrogen-bond donors (Lipinski definition) is 1. The van der Waals surface area contributed by atoms with Crippen LogP contribution in [0.4, 0.5) is 0 Å². The Morgan fingerprint density at radius 3 is 2.45 bits per heavy atom. The Bertz CT molecular complexity index is 771. The number of rotatable bonds is 0. The van der Waals surface area contributed by atoms with Crippen LogP contribution in [0.15, 0.2) is 4.79 Å². The standard InChI is InChI=1S/C18H26N2OS/c1-17(2,3)10-7-8-11-12(9-10)22-15-13(11)14(21)19-16(20-15)18(4,5)6/h10H,7-9H2,1-6H3,(H,19,20,21)/t10-/m0/s1. The number of aromatic nitrogens is 2. The molecule has 0 saturated heterocycles. The number of thiophene rings is 1. The number of nitrogens with zero attached hydrogens (tertiary/aromatic N) is 1. The SMILES string of the molecule is CC(C)(C)c1nc2sc3c(c2c(=O)[nH]1)CC[C@H](C(C)(C)C)C3. The molecular weight excluding hydrogens is 292 g/mol. The highest BCUT2D eigenvalue weighted by molar-refractivity contribution is 7.18. The van der Waals surface area contributed by atoms with E-state index in [1.54, 1.807) is 11.3 Å². The van der Waals surface area contributed by atoms with Gasteiger partial charge in [-0.15, -0.1) is 11.3 Å². The van der Waals surface area contributed by atoms with Gasteiger partial charge in [0, 0.05) is 10.3 Å². The van der Waals surface area contributed by atoms with Crippen molar-refractivity contribution in [3.63, 3.8) is 0 Å². The molecule has 0 spiro atoms. The molecule has 3 nitrogen and oxygen atoms in total. The normalized spacial score (nSPS) is 19.5. The Hall–Kier alpha value is -1.16. The second-order valence-electron chi connectivity index (χ2n) is 8.65. The van der Waals surface area contributed by atoms with E-state index in [4.69, 9.17) is 4.98 Å². The first-order valence-electron chi connectivity index (χ1n) is 8.12. The summed E-state index contributed by atoms with van der Waals surface area (Å²) in [5.74, 6) is 1.48. The van der Waals surface area contributed by atoms with Crippen LogP contribution >= 0.6 is 11.3 Å². The topological polar surface area (TPSA) is 45.8 Å². The minimum absolute atomic E-state index is 0.0432. The third-order valence-corrected chi connectivity index (χ3v) is 6.00. The predicted molar refractivity (Wildman–Crippen MR) is 93.9 cm³/mol. The molecule has 1 aliphatic carbocycles. The van der Waals surface area contributed by atoms with E-state index in [0.717, 1.165) is 28.9 Å². The van der Waals surface area contributed by atoms with Gasteiger partial charge in [-0.3, -0.25) is 4.79 Å². The minimum atomic E-state index is -0.133. The van der Waals surface area contributed by atoms with Gasteiger partial charge in [0.05, 0.1) is 5.39 Å². The molecule has 0 aliphatic heterocycles. The van der Waals surface area contributed by atoms with Gasteiger partial charge in [-0.25, -0.2) is 4.98 Å². The predicted octanol–water partition coefficient (Wildman–Crippen LogP) is 4.43. The van der Waals surface area contributed by atoms with Crippen molar-refractivity contribution >= 4 is 21.6 Å². The number of aromatic amines is 1. The van der Waals surface area contributed by atoms with Crippen molar-refractivity contribution in [2.24, 2.45) is 11.3 Å². The van der Waals surface area contributed by atoms with Gasteiger partial charge in [-0.2, -0.15) is 0 Å². The maximum atomic E-state index is 12.6.